The Morgan fingerprint density at radius 1 is 0.591 bits per heavy atom. The van der Waals surface area contributed by atoms with E-state index in [1.807, 2.05) is 38.1 Å². The third kappa shape index (κ3) is 3.13. The number of rotatable bonds is 2. The van der Waals surface area contributed by atoms with Crippen molar-refractivity contribution in [2.75, 3.05) is 0 Å². The highest BCUT2D eigenvalue weighted by atomic mass is 79.9. The molecule has 0 fully saturated rings. The van der Waals surface area contributed by atoms with E-state index in [-0.39, 0.29) is 0 Å². The molecule has 0 aliphatic rings. The van der Waals surface area contributed by atoms with Gasteiger partial charge in [0.25, 0.3) is 0 Å². The molecule has 0 bridgehead atoms. The van der Waals surface area contributed by atoms with Gasteiger partial charge in [-0.2, -0.15) is 0 Å². The maximum absolute atomic E-state index is 4.78. The molecule has 0 spiro atoms. The van der Waals surface area contributed by atoms with Crippen LogP contribution in [0.3, 0.4) is 0 Å². The summed E-state index contributed by atoms with van der Waals surface area (Å²) in [5.41, 5.74) is 5.91. The lowest BCUT2D eigenvalue weighted by Crippen LogP contribution is -1.99. The number of nitrogens with zero attached hydrogens (tertiary/aromatic N) is 2. The number of halogens is 2. The molecule has 2 nitrogen and oxygen atoms in total. The number of hydrogen-bond acceptors (Lipinski definition) is 2. The van der Waals surface area contributed by atoms with Gasteiger partial charge in [-0.1, -0.05) is 56.1 Å². The molecule has 4 heteroatoms. The molecule has 0 amide bonds. The van der Waals surface area contributed by atoms with Crippen LogP contribution >= 0.6 is 31.9 Å². The smallest absolute Gasteiger partial charge is 0.0918 e. The van der Waals surface area contributed by atoms with E-state index in [4.69, 9.17) is 9.97 Å². The second-order valence-corrected chi connectivity index (χ2v) is 6.94. The molecule has 0 unspecified atom stereocenters. The van der Waals surface area contributed by atoms with Gasteiger partial charge in [-0.15, -0.1) is 0 Å². The van der Waals surface area contributed by atoms with Crippen LogP contribution < -0.4 is 0 Å². The maximum atomic E-state index is 4.78. The Bertz CT molecular complexity index is 738. The van der Waals surface area contributed by atoms with Crippen LogP contribution in [0.15, 0.2) is 57.5 Å². The van der Waals surface area contributed by atoms with Crippen molar-refractivity contribution >= 4 is 31.9 Å². The van der Waals surface area contributed by atoms with E-state index in [9.17, 15) is 0 Å². The summed E-state index contributed by atoms with van der Waals surface area (Å²) in [4.78, 5) is 9.56. The minimum atomic E-state index is 0.936. The van der Waals surface area contributed by atoms with Crippen molar-refractivity contribution in [3.63, 3.8) is 0 Å². The Labute approximate surface area is 146 Å². The van der Waals surface area contributed by atoms with Gasteiger partial charge >= 0.3 is 0 Å². The molecule has 0 saturated heterocycles. The third-order valence-electron chi connectivity index (χ3n) is 3.48. The molecule has 0 N–H and O–H groups in total. The van der Waals surface area contributed by atoms with E-state index >= 15 is 0 Å². The summed E-state index contributed by atoms with van der Waals surface area (Å²) in [7, 11) is 0. The molecule has 1 heterocycles. The molecule has 3 aromatic rings. The SMILES string of the molecule is Cc1nc(-c2ccc(Br)cc2)c(C)nc1-c1ccc(Br)cc1. The van der Waals surface area contributed by atoms with Crippen LogP contribution in [-0.4, -0.2) is 9.97 Å². The predicted molar refractivity (Wildman–Crippen MR) is 97.8 cm³/mol. The van der Waals surface area contributed by atoms with Gasteiger partial charge in [0.1, 0.15) is 0 Å². The Morgan fingerprint density at radius 3 is 1.23 bits per heavy atom. The first kappa shape index (κ1) is 15.4. The Morgan fingerprint density at radius 2 is 0.909 bits per heavy atom. The highest BCUT2D eigenvalue weighted by Gasteiger charge is 2.11. The van der Waals surface area contributed by atoms with Gasteiger partial charge < -0.3 is 0 Å². The molecular weight excluding hydrogens is 404 g/mol. The molecular formula is C18H14Br2N2. The minimum absolute atomic E-state index is 0.936. The molecule has 0 aliphatic heterocycles. The zero-order valence-electron chi connectivity index (χ0n) is 12.3. The van der Waals surface area contributed by atoms with Gasteiger partial charge in [0.15, 0.2) is 0 Å². The molecule has 0 atom stereocenters. The number of hydrogen-bond donors (Lipinski definition) is 0. The number of aryl methyl sites for hydroxylation is 2. The Balaban J connectivity index is 2.08. The second kappa shape index (κ2) is 6.31. The summed E-state index contributed by atoms with van der Waals surface area (Å²) in [6.07, 6.45) is 0. The van der Waals surface area contributed by atoms with Crippen molar-refractivity contribution in [2.24, 2.45) is 0 Å². The predicted octanol–water partition coefficient (Wildman–Crippen LogP) is 5.95. The quantitative estimate of drug-likeness (QED) is 0.514. The highest BCUT2D eigenvalue weighted by Crippen LogP contribution is 2.27. The summed E-state index contributed by atoms with van der Waals surface area (Å²) in [6, 6.07) is 16.3. The fourth-order valence-electron chi connectivity index (χ4n) is 2.37. The second-order valence-electron chi connectivity index (χ2n) is 5.11. The molecule has 0 aliphatic carbocycles. The lowest BCUT2D eigenvalue weighted by Gasteiger charge is -2.11. The molecule has 110 valence electrons. The van der Waals surface area contributed by atoms with E-state index in [0.29, 0.717) is 0 Å². The number of benzene rings is 2. The Kier molecular flexibility index (Phi) is 4.41. The van der Waals surface area contributed by atoms with Gasteiger partial charge in [0.05, 0.1) is 22.8 Å². The summed E-state index contributed by atoms with van der Waals surface area (Å²) in [6.45, 7) is 4.01. The van der Waals surface area contributed by atoms with Crippen LogP contribution in [-0.2, 0) is 0 Å². The van der Waals surface area contributed by atoms with E-state index in [1.165, 1.54) is 0 Å². The fraction of sp³-hybridized carbons (Fsp3) is 0.111. The summed E-state index contributed by atoms with van der Waals surface area (Å²) < 4.78 is 2.12. The monoisotopic (exact) mass is 416 g/mol. The lowest BCUT2D eigenvalue weighted by molar-refractivity contribution is 1.08. The van der Waals surface area contributed by atoms with Crippen molar-refractivity contribution in [1.82, 2.24) is 9.97 Å². The third-order valence-corrected chi connectivity index (χ3v) is 4.54. The minimum Gasteiger partial charge on any atom is -0.249 e. The molecule has 0 saturated carbocycles. The zero-order chi connectivity index (χ0) is 15.7. The van der Waals surface area contributed by atoms with E-state index in [2.05, 4.69) is 56.1 Å². The van der Waals surface area contributed by atoms with Gasteiger partial charge in [0.2, 0.25) is 0 Å². The fourth-order valence-corrected chi connectivity index (χ4v) is 2.89. The van der Waals surface area contributed by atoms with E-state index in [1.54, 1.807) is 0 Å². The van der Waals surface area contributed by atoms with E-state index in [0.717, 1.165) is 42.8 Å². The summed E-state index contributed by atoms with van der Waals surface area (Å²) in [5, 5.41) is 0. The van der Waals surface area contributed by atoms with Crippen LogP contribution in [0.1, 0.15) is 11.4 Å². The standard InChI is InChI=1S/C18H14Br2N2/c1-11-17(13-3-7-15(19)8-4-13)22-12(2)18(21-11)14-5-9-16(20)10-6-14/h3-10H,1-2H3. The molecule has 2 aromatic carbocycles. The Hall–Kier alpha value is -1.52. The number of aromatic nitrogens is 2. The van der Waals surface area contributed by atoms with Crippen LogP contribution in [0.4, 0.5) is 0 Å². The molecule has 0 radical (unpaired) electrons. The first-order valence-corrected chi connectivity index (χ1v) is 8.50. The van der Waals surface area contributed by atoms with Gasteiger partial charge in [-0.3, -0.25) is 0 Å². The topological polar surface area (TPSA) is 25.8 Å². The average Bonchev–Trinajstić information content (AvgIpc) is 2.51. The van der Waals surface area contributed by atoms with Crippen molar-refractivity contribution in [2.45, 2.75) is 13.8 Å². The van der Waals surface area contributed by atoms with Crippen LogP contribution in [0.25, 0.3) is 22.5 Å². The molecule has 22 heavy (non-hydrogen) atoms. The lowest BCUT2D eigenvalue weighted by atomic mass is 10.1. The largest absolute Gasteiger partial charge is 0.249 e. The first-order chi connectivity index (χ1) is 10.5. The molecule has 3 rings (SSSR count). The zero-order valence-corrected chi connectivity index (χ0v) is 15.4. The first-order valence-electron chi connectivity index (χ1n) is 6.92. The van der Waals surface area contributed by atoms with Gasteiger partial charge in [0, 0.05) is 20.1 Å². The van der Waals surface area contributed by atoms with Crippen LogP contribution in [0.5, 0.6) is 0 Å². The maximum Gasteiger partial charge on any atom is 0.0918 e. The van der Waals surface area contributed by atoms with Crippen molar-refractivity contribution in [3.05, 3.63) is 68.9 Å². The van der Waals surface area contributed by atoms with Crippen LogP contribution in [0.2, 0.25) is 0 Å². The summed E-state index contributed by atoms with van der Waals surface area (Å²) in [5.74, 6) is 0. The van der Waals surface area contributed by atoms with Crippen molar-refractivity contribution in [1.29, 1.82) is 0 Å². The van der Waals surface area contributed by atoms with Crippen LogP contribution in [0, 0.1) is 13.8 Å². The highest BCUT2D eigenvalue weighted by molar-refractivity contribution is 9.10. The average molecular weight is 418 g/mol. The van der Waals surface area contributed by atoms with Crippen molar-refractivity contribution < 1.29 is 0 Å². The van der Waals surface area contributed by atoms with Gasteiger partial charge in [-0.05, 0) is 38.1 Å². The molecule has 1 aromatic heterocycles. The van der Waals surface area contributed by atoms with Crippen molar-refractivity contribution in [3.8, 4) is 22.5 Å². The normalized spacial score (nSPS) is 10.7. The summed E-state index contributed by atoms with van der Waals surface area (Å²) >= 11 is 6.92. The van der Waals surface area contributed by atoms with E-state index < -0.39 is 0 Å². The van der Waals surface area contributed by atoms with Gasteiger partial charge in [-0.25, -0.2) is 9.97 Å².